The van der Waals surface area contributed by atoms with Crippen LogP contribution in [0.4, 0.5) is 23.4 Å². The quantitative estimate of drug-likeness (QED) is 0.521. The summed E-state index contributed by atoms with van der Waals surface area (Å²) in [7, 11) is 0. The lowest BCUT2D eigenvalue weighted by Crippen LogP contribution is -2.24. The molecule has 0 aliphatic rings. The van der Waals surface area contributed by atoms with Gasteiger partial charge in [0.05, 0.1) is 11.2 Å². The third kappa shape index (κ3) is 3.99. The zero-order valence-corrected chi connectivity index (χ0v) is 8.68. The van der Waals surface area contributed by atoms with Gasteiger partial charge < -0.3 is 0 Å². The Kier molecular flexibility index (Phi) is 4.00. The number of pyridine rings is 1. The second-order valence-electron chi connectivity index (χ2n) is 2.72. The minimum absolute atomic E-state index is 0.0170. The summed E-state index contributed by atoms with van der Waals surface area (Å²) < 4.78 is 48.2. The summed E-state index contributed by atoms with van der Waals surface area (Å²) in [5.41, 5.74) is 1.85. The molecule has 0 radical (unpaired) electrons. The molecular formula is C8H4ClF4N3O. The molecule has 0 saturated heterocycles. The van der Waals surface area contributed by atoms with Crippen molar-refractivity contribution in [2.75, 3.05) is 5.43 Å². The Morgan fingerprint density at radius 1 is 1.53 bits per heavy atom. The number of hydrogen-bond acceptors (Lipinski definition) is 4. The second kappa shape index (κ2) is 5.09. The van der Waals surface area contributed by atoms with E-state index in [0.29, 0.717) is 0 Å². The standard InChI is InChI=1S/C8H4ClF4N3O/c9-4-1-5(10)7(14-2-4)16-15-3-6(17)8(11,12)13/h1-3H,(H,14,16). The predicted octanol–water partition coefficient (Wildman–Crippen LogP) is 2.40. The highest BCUT2D eigenvalue weighted by atomic mass is 35.5. The molecule has 0 saturated carbocycles. The van der Waals surface area contributed by atoms with Crippen molar-refractivity contribution in [1.82, 2.24) is 4.98 Å². The van der Waals surface area contributed by atoms with Gasteiger partial charge in [-0.05, 0) is 6.07 Å². The van der Waals surface area contributed by atoms with Crippen LogP contribution in [-0.4, -0.2) is 23.2 Å². The molecule has 1 heterocycles. The molecule has 0 amide bonds. The highest BCUT2D eigenvalue weighted by molar-refractivity contribution is 6.30. The summed E-state index contributed by atoms with van der Waals surface area (Å²) in [6, 6.07) is 0.887. The van der Waals surface area contributed by atoms with E-state index in [1.54, 1.807) is 0 Å². The smallest absolute Gasteiger partial charge is 0.283 e. The fraction of sp³-hybridized carbons (Fsp3) is 0.125. The number of carbonyl (C=O) groups excluding carboxylic acids is 1. The summed E-state index contributed by atoms with van der Waals surface area (Å²) in [5, 5.41) is 2.93. The largest absolute Gasteiger partial charge is 0.455 e. The molecule has 17 heavy (non-hydrogen) atoms. The minimum atomic E-state index is -5.02. The number of hydrazone groups is 1. The molecule has 0 spiro atoms. The van der Waals surface area contributed by atoms with Crippen molar-refractivity contribution < 1.29 is 22.4 Å². The number of hydrogen-bond donors (Lipinski definition) is 1. The maximum absolute atomic E-state index is 13.0. The molecule has 0 unspecified atom stereocenters. The Bertz CT molecular complexity index is 461. The van der Waals surface area contributed by atoms with Gasteiger partial charge in [0.15, 0.2) is 11.6 Å². The molecule has 0 atom stereocenters. The maximum atomic E-state index is 13.0. The molecule has 1 N–H and O–H groups in total. The van der Waals surface area contributed by atoms with Gasteiger partial charge >= 0.3 is 6.18 Å². The van der Waals surface area contributed by atoms with Crippen molar-refractivity contribution >= 4 is 29.4 Å². The van der Waals surface area contributed by atoms with E-state index in [9.17, 15) is 22.4 Å². The van der Waals surface area contributed by atoms with Crippen molar-refractivity contribution in [1.29, 1.82) is 0 Å². The highest BCUT2D eigenvalue weighted by Gasteiger charge is 2.36. The maximum Gasteiger partial charge on any atom is 0.455 e. The molecule has 0 aliphatic heterocycles. The summed E-state index contributed by atoms with van der Waals surface area (Å²) in [4.78, 5) is 13.8. The fourth-order valence-electron chi connectivity index (χ4n) is 0.722. The predicted molar refractivity (Wildman–Crippen MR) is 52.4 cm³/mol. The lowest BCUT2D eigenvalue weighted by atomic mass is 10.4. The number of carbonyl (C=O) groups is 1. The molecule has 92 valence electrons. The van der Waals surface area contributed by atoms with Crippen molar-refractivity contribution in [3.63, 3.8) is 0 Å². The monoisotopic (exact) mass is 269 g/mol. The van der Waals surface area contributed by atoms with Gasteiger partial charge in [-0.3, -0.25) is 10.2 Å². The molecule has 4 nitrogen and oxygen atoms in total. The fourth-order valence-corrected chi connectivity index (χ4v) is 0.867. The Morgan fingerprint density at radius 3 is 2.71 bits per heavy atom. The molecule has 9 heteroatoms. The van der Waals surface area contributed by atoms with E-state index in [4.69, 9.17) is 11.6 Å². The SMILES string of the molecule is O=C(C=NNc1ncc(Cl)cc1F)C(F)(F)F. The van der Waals surface area contributed by atoms with E-state index in [1.165, 1.54) is 0 Å². The Balaban J connectivity index is 2.68. The average molecular weight is 270 g/mol. The Labute approximate surface area is 97.3 Å². The van der Waals surface area contributed by atoms with Crippen LogP contribution < -0.4 is 5.43 Å². The van der Waals surface area contributed by atoms with E-state index in [2.05, 4.69) is 10.1 Å². The van der Waals surface area contributed by atoms with Crippen molar-refractivity contribution in [2.45, 2.75) is 6.18 Å². The van der Waals surface area contributed by atoms with Gasteiger partial charge in [0, 0.05) is 6.20 Å². The van der Waals surface area contributed by atoms with E-state index in [0.717, 1.165) is 12.3 Å². The van der Waals surface area contributed by atoms with Crippen LogP contribution in [0.2, 0.25) is 5.02 Å². The molecule has 0 bridgehead atoms. The first-order chi connectivity index (χ1) is 7.80. The molecular weight excluding hydrogens is 266 g/mol. The number of nitrogens with zero attached hydrogens (tertiary/aromatic N) is 2. The van der Waals surface area contributed by atoms with E-state index >= 15 is 0 Å². The Hall–Kier alpha value is -1.70. The van der Waals surface area contributed by atoms with Gasteiger partial charge in [-0.25, -0.2) is 9.37 Å². The van der Waals surface area contributed by atoms with E-state index in [-0.39, 0.29) is 11.2 Å². The van der Waals surface area contributed by atoms with Crippen LogP contribution in [0.1, 0.15) is 0 Å². The molecule has 1 rings (SSSR count). The molecule has 0 aromatic carbocycles. The summed E-state index contributed by atoms with van der Waals surface area (Å²) in [6.07, 6.45) is -3.97. The summed E-state index contributed by atoms with van der Waals surface area (Å²) in [6.45, 7) is 0. The van der Waals surface area contributed by atoms with Crippen LogP contribution in [-0.2, 0) is 4.79 Å². The van der Waals surface area contributed by atoms with Crippen LogP contribution in [0.15, 0.2) is 17.4 Å². The van der Waals surface area contributed by atoms with E-state index < -0.39 is 23.6 Å². The number of nitrogens with one attached hydrogen (secondary N) is 1. The van der Waals surface area contributed by atoms with E-state index in [1.807, 2.05) is 5.43 Å². The van der Waals surface area contributed by atoms with Crippen LogP contribution in [0.3, 0.4) is 0 Å². The third-order valence-corrected chi connectivity index (χ3v) is 1.65. The number of Topliss-reactive ketones (excluding diaryl/α,β-unsaturated/α-hetero) is 1. The van der Waals surface area contributed by atoms with Gasteiger partial charge in [-0.1, -0.05) is 11.6 Å². The lowest BCUT2D eigenvalue weighted by molar-refractivity contribution is -0.162. The second-order valence-corrected chi connectivity index (χ2v) is 3.15. The van der Waals surface area contributed by atoms with Gasteiger partial charge in [0.2, 0.25) is 0 Å². The Morgan fingerprint density at radius 2 is 2.18 bits per heavy atom. The van der Waals surface area contributed by atoms with Gasteiger partial charge in [-0.15, -0.1) is 0 Å². The topological polar surface area (TPSA) is 54.4 Å². The van der Waals surface area contributed by atoms with Crippen molar-refractivity contribution in [3.8, 4) is 0 Å². The average Bonchev–Trinajstić information content (AvgIpc) is 2.19. The van der Waals surface area contributed by atoms with Crippen LogP contribution in [0.25, 0.3) is 0 Å². The summed E-state index contributed by atoms with van der Waals surface area (Å²) >= 11 is 5.39. The molecule has 0 fully saturated rings. The van der Waals surface area contributed by atoms with Crippen LogP contribution in [0.5, 0.6) is 0 Å². The summed E-state index contributed by atoms with van der Waals surface area (Å²) in [5.74, 6) is -3.52. The first kappa shape index (κ1) is 13.4. The normalized spacial score (nSPS) is 11.8. The minimum Gasteiger partial charge on any atom is -0.283 e. The van der Waals surface area contributed by atoms with Gasteiger partial charge in [0.25, 0.3) is 5.78 Å². The number of ketones is 1. The first-order valence-electron chi connectivity index (χ1n) is 4.02. The zero-order chi connectivity index (χ0) is 13.1. The molecule has 1 aromatic rings. The van der Waals surface area contributed by atoms with Crippen LogP contribution in [0, 0.1) is 5.82 Å². The number of alkyl halides is 3. The first-order valence-corrected chi connectivity index (χ1v) is 4.40. The third-order valence-electron chi connectivity index (χ3n) is 1.44. The van der Waals surface area contributed by atoms with Crippen molar-refractivity contribution in [2.24, 2.45) is 5.10 Å². The van der Waals surface area contributed by atoms with Crippen LogP contribution >= 0.6 is 11.6 Å². The zero-order valence-electron chi connectivity index (χ0n) is 7.92. The van der Waals surface area contributed by atoms with Gasteiger partial charge in [0.1, 0.15) is 0 Å². The number of halogens is 5. The van der Waals surface area contributed by atoms with Crippen molar-refractivity contribution in [3.05, 3.63) is 23.1 Å². The van der Waals surface area contributed by atoms with Gasteiger partial charge in [-0.2, -0.15) is 18.3 Å². The highest BCUT2D eigenvalue weighted by Crippen LogP contribution is 2.16. The number of aromatic nitrogens is 1. The molecule has 0 aliphatic carbocycles. The molecule has 1 aromatic heterocycles. The number of anilines is 1. The lowest BCUT2D eigenvalue weighted by Gasteiger charge is -2.01. The number of rotatable bonds is 3.